The fourth-order valence-corrected chi connectivity index (χ4v) is 1.53. The summed E-state index contributed by atoms with van der Waals surface area (Å²) in [4.78, 5) is 18.3. The SMILES string of the molecule is Cc1cnc2c([N+](=O)[O-])c(Cl)ccc2n1. The van der Waals surface area contributed by atoms with E-state index in [0.717, 1.165) is 0 Å². The van der Waals surface area contributed by atoms with E-state index in [4.69, 9.17) is 11.6 Å². The number of hydrogen-bond acceptors (Lipinski definition) is 4. The Morgan fingerprint density at radius 2 is 2.20 bits per heavy atom. The second kappa shape index (κ2) is 3.43. The van der Waals surface area contributed by atoms with Crippen LogP contribution in [0.4, 0.5) is 5.69 Å². The van der Waals surface area contributed by atoms with E-state index in [1.165, 1.54) is 12.3 Å². The van der Waals surface area contributed by atoms with Gasteiger partial charge in [-0.1, -0.05) is 11.6 Å². The number of halogens is 1. The van der Waals surface area contributed by atoms with E-state index in [1.807, 2.05) is 0 Å². The van der Waals surface area contributed by atoms with Crippen LogP contribution in [0.25, 0.3) is 11.0 Å². The molecule has 0 unspecified atom stereocenters. The van der Waals surface area contributed by atoms with Crippen LogP contribution < -0.4 is 0 Å². The molecule has 0 aliphatic rings. The van der Waals surface area contributed by atoms with Crippen molar-refractivity contribution in [1.82, 2.24) is 9.97 Å². The Labute approximate surface area is 89.9 Å². The molecule has 0 saturated heterocycles. The molecule has 1 heterocycles. The molecule has 0 amide bonds. The third-order valence-corrected chi connectivity index (χ3v) is 2.25. The molecular weight excluding hydrogens is 218 g/mol. The Morgan fingerprint density at radius 1 is 1.47 bits per heavy atom. The molecule has 0 bridgehead atoms. The number of nitrogens with zero attached hydrogens (tertiary/aromatic N) is 3. The molecule has 2 aromatic rings. The van der Waals surface area contributed by atoms with Gasteiger partial charge in [-0.3, -0.25) is 10.1 Å². The van der Waals surface area contributed by atoms with Crippen molar-refractivity contribution >= 4 is 28.3 Å². The van der Waals surface area contributed by atoms with Crippen molar-refractivity contribution < 1.29 is 4.92 Å². The lowest BCUT2D eigenvalue weighted by Crippen LogP contribution is -1.95. The fourth-order valence-electron chi connectivity index (χ4n) is 1.31. The van der Waals surface area contributed by atoms with Crippen molar-refractivity contribution in [2.24, 2.45) is 0 Å². The summed E-state index contributed by atoms with van der Waals surface area (Å²) in [5.74, 6) is 0. The lowest BCUT2D eigenvalue weighted by atomic mass is 10.2. The van der Waals surface area contributed by atoms with E-state index in [0.29, 0.717) is 11.2 Å². The molecule has 0 spiro atoms. The molecule has 76 valence electrons. The lowest BCUT2D eigenvalue weighted by molar-refractivity contribution is -0.383. The normalized spacial score (nSPS) is 10.5. The maximum atomic E-state index is 10.8. The van der Waals surface area contributed by atoms with Crippen LogP contribution in [0.3, 0.4) is 0 Å². The highest BCUT2D eigenvalue weighted by atomic mass is 35.5. The predicted molar refractivity (Wildman–Crippen MR) is 55.9 cm³/mol. The number of fused-ring (bicyclic) bond motifs is 1. The van der Waals surface area contributed by atoms with Crippen LogP contribution in [-0.2, 0) is 0 Å². The molecule has 5 nitrogen and oxygen atoms in total. The highest BCUT2D eigenvalue weighted by Gasteiger charge is 2.18. The molecule has 0 N–H and O–H groups in total. The number of rotatable bonds is 1. The van der Waals surface area contributed by atoms with Gasteiger partial charge in [-0.25, -0.2) is 9.97 Å². The van der Waals surface area contributed by atoms with Crippen LogP contribution in [0, 0.1) is 17.0 Å². The van der Waals surface area contributed by atoms with Crippen molar-refractivity contribution in [3.05, 3.63) is 39.2 Å². The van der Waals surface area contributed by atoms with Crippen molar-refractivity contribution in [1.29, 1.82) is 0 Å². The standard InChI is InChI=1S/C9H6ClN3O2/c1-5-4-11-8-7(12-5)3-2-6(10)9(8)13(14)15/h2-4H,1H3. The molecule has 6 heteroatoms. The first-order valence-corrected chi connectivity index (χ1v) is 4.53. The second-order valence-electron chi connectivity index (χ2n) is 3.03. The molecular formula is C9H6ClN3O2. The molecule has 0 saturated carbocycles. The summed E-state index contributed by atoms with van der Waals surface area (Å²) in [5, 5.41) is 10.8. The van der Waals surface area contributed by atoms with E-state index in [1.54, 1.807) is 13.0 Å². The molecule has 15 heavy (non-hydrogen) atoms. The molecule has 0 aliphatic heterocycles. The summed E-state index contributed by atoms with van der Waals surface area (Å²) in [6.45, 7) is 1.77. The van der Waals surface area contributed by atoms with Crippen LogP contribution in [0.5, 0.6) is 0 Å². The Bertz CT molecular complexity index is 556. The average molecular weight is 224 g/mol. The highest BCUT2D eigenvalue weighted by molar-refractivity contribution is 6.33. The van der Waals surface area contributed by atoms with Crippen molar-refractivity contribution in [3.8, 4) is 0 Å². The minimum Gasteiger partial charge on any atom is -0.258 e. The number of benzene rings is 1. The van der Waals surface area contributed by atoms with Gasteiger partial charge in [0.05, 0.1) is 16.1 Å². The van der Waals surface area contributed by atoms with Gasteiger partial charge in [0.1, 0.15) is 5.02 Å². The van der Waals surface area contributed by atoms with E-state index < -0.39 is 4.92 Å². The molecule has 0 atom stereocenters. The summed E-state index contributed by atoms with van der Waals surface area (Å²) >= 11 is 5.73. The zero-order chi connectivity index (χ0) is 11.0. The first-order valence-electron chi connectivity index (χ1n) is 4.16. The van der Waals surface area contributed by atoms with E-state index in [9.17, 15) is 10.1 Å². The van der Waals surface area contributed by atoms with Crippen LogP contribution >= 0.6 is 11.6 Å². The van der Waals surface area contributed by atoms with Gasteiger partial charge in [-0.2, -0.15) is 0 Å². The Balaban J connectivity index is 2.88. The number of aromatic nitrogens is 2. The van der Waals surface area contributed by atoms with E-state index in [2.05, 4.69) is 9.97 Å². The molecule has 2 rings (SSSR count). The maximum absolute atomic E-state index is 10.8. The first-order chi connectivity index (χ1) is 7.09. The number of nitro groups is 1. The lowest BCUT2D eigenvalue weighted by Gasteiger charge is -2.00. The zero-order valence-electron chi connectivity index (χ0n) is 7.77. The average Bonchev–Trinajstić information content (AvgIpc) is 2.17. The smallest absolute Gasteiger partial charge is 0.258 e. The topological polar surface area (TPSA) is 68.9 Å². The summed E-state index contributed by atoms with van der Waals surface area (Å²) in [7, 11) is 0. The fraction of sp³-hybridized carbons (Fsp3) is 0.111. The van der Waals surface area contributed by atoms with Gasteiger partial charge in [0.2, 0.25) is 0 Å². The second-order valence-corrected chi connectivity index (χ2v) is 3.44. The molecule has 0 aliphatic carbocycles. The Kier molecular flexibility index (Phi) is 2.24. The molecule has 0 radical (unpaired) electrons. The summed E-state index contributed by atoms with van der Waals surface area (Å²) in [6.07, 6.45) is 1.48. The highest BCUT2D eigenvalue weighted by Crippen LogP contribution is 2.30. The van der Waals surface area contributed by atoms with Gasteiger partial charge in [0.15, 0.2) is 5.52 Å². The van der Waals surface area contributed by atoms with Gasteiger partial charge in [0.25, 0.3) is 0 Å². The first kappa shape index (κ1) is 9.79. The largest absolute Gasteiger partial charge is 0.315 e. The zero-order valence-corrected chi connectivity index (χ0v) is 8.52. The van der Waals surface area contributed by atoms with Crippen LogP contribution in [0.2, 0.25) is 5.02 Å². The number of hydrogen-bond donors (Lipinski definition) is 0. The number of nitro benzene ring substituents is 1. The summed E-state index contributed by atoms with van der Waals surface area (Å²) in [5.41, 5.74) is 1.21. The van der Waals surface area contributed by atoms with Gasteiger partial charge in [-0.05, 0) is 19.1 Å². The van der Waals surface area contributed by atoms with E-state index in [-0.39, 0.29) is 16.2 Å². The number of aryl methyl sites for hydroxylation is 1. The maximum Gasteiger partial charge on any atom is 0.315 e. The van der Waals surface area contributed by atoms with Crippen molar-refractivity contribution in [2.45, 2.75) is 6.92 Å². The minimum atomic E-state index is -0.547. The van der Waals surface area contributed by atoms with Crippen molar-refractivity contribution in [3.63, 3.8) is 0 Å². The molecule has 1 aromatic carbocycles. The quantitative estimate of drug-likeness (QED) is 0.550. The monoisotopic (exact) mass is 223 g/mol. The van der Waals surface area contributed by atoms with Crippen molar-refractivity contribution in [2.75, 3.05) is 0 Å². The van der Waals surface area contributed by atoms with Gasteiger partial charge >= 0.3 is 5.69 Å². The summed E-state index contributed by atoms with van der Waals surface area (Å²) < 4.78 is 0. The van der Waals surface area contributed by atoms with Gasteiger partial charge < -0.3 is 0 Å². The minimum absolute atomic E-state index is 0.0747. The Morgan fingerprint density at radius 3 is 2.87 bits per heavy atom. The van der Waals surface area contributed by atoms with Crippen LogP contribution in [0.1, 0.15) is 5.69 Å². The van der Waals surface area contributed by atoms with Crippen LogP contribution in [-0.4, -0.2) is 14.9 Å². The predicted octanol–water partition coefficient (Wildman–Crippen LogP) is 2.50. The third-order valence-electron chi connectivity index (χ3n) is 1.94. The molecule has 0 fully saturated rings. The third kappa shape index (κ3) is 1.61. The summed E-state index contributed by atoms with van der Waals surface area (Å²) in [6, 6.07) is 3.07. The van der Waals surface area contributed by atoms with E-state index >= 15 is 0 Å². The molecule has 1 aromatic heterocycles. The van der Waals surface area contributed by atoms with Crippen LogP contribution in [0.15, 0.2) is 18.3 Å². The van der Waals surface area contributed by atoms with Gasteiger partial charge in [-0.15, -0.1) is 0 Å². The Hall–Kier alpha value is -1.75. The van der Waals surface area contributed by atoms with Gasteiger partial charge in [0, 0.05) is 6.20 Å².